The van der Waals surface area contributed by atoms with Crippen molar-refractivity contribution in [3.05, 3.63) is 29.8 Å². The molecular weight excluding hydrogens is 328 g/mol. The van der Waals surface area contributed by atoms with E-state index in [2.05, 4.69) is 34.9 Å². The van der Waals surface area contributed by atoms with Crippen molar-refractivity contribution in [1.82, 2.24) is 10.2 Å². The lowest BCUT2D eigenvalue weighted by Crippen LogP contribution is -2.55. The second-order valence-electron chi connectivity index (χ2n) is 7.63. The molecule has 1 amide bonds. The van der Waals surface area contributed by atoms with E-state index in [4.69, 9.17) is 9.73 Å². The molecule has 2 aliphatic heterocycles. The number of benzene rings is 1. The third-order valence-electron chi connectivity index (χ3n) is 5.87. The molecule has 26 heavy (non-hydrogen) atoms. The highest BCUT2D eigenvalue weighted by Crippen LogP contribution is 2.31. The summed E-state index contributed by atoms with van der Waals surface area (Å²) in [5.74, 6) is 1.05. The van der Waals surface area contributed by atoms with Crippen molar-refractivity contribution < 1.29 is 9.53 Å². The van der Waals surface area contributed by atoms with Crippen molar-refractivity contribution >= 4 is 17.4 Å². The second kappa shape index (κ2) is 7.37. The standard InChI is InChI=1S/C20H28N4O2/c1-26-13-18(25)24-11-10-20(14-24)19(22-16-7-3-4-8-16)23-17-9-5-2-6-15(17)12-21-20/h2,5-6,9,16,21H,3-4,7-8,10-14H2,1H3,(H,22,23). The molecule has 1 spiro atoms. The smallest absolute Gasteiger partial charge is 0.248 e. The first-order valence-electron chi connectivity index (χ1n) is 9.65. The fourth-order valence-electron chi connectivity index (χ4n) is 4.34. The Hall–Kier alpha value is -1.92. The van der Waals surface area contributed by atoms with Gasteiger partial charge in [0.15, 0.2) is 0 Å². The molecule has 0 bridgehead atoms. The van der Waals surface area contributed by atoms with E-state index in [9.17, 15) is 4.79 Å². The lowest BCUT2D eigenvalue weighted by Gasteiger charge is -2.31. The quantitative estimate of drug-likeness (QED) is 0.871. The molecule has 0 radical (unpaired) electrons. The number of carbonyl (C=O) groups is 1. The predicted molar refractivity (Wildman–Crippen MR) is 102 cm³/mol. The summed E-state index contributed by atoms with van der Waals surface area (Å²) in [5.41, 5.74) is 2.06. The molecule has 140 valence electrons. The molecule has 1 aromatic rings. The van der Waals surface area contributed by atoms with Crippen LogP contribution >= 0.6 is 0 Å². The van der Waals surface area contributed by atoms with Gasteiger partial charge in [0, 0.05) is 32.4 Å². The van der Waals surface area contributed by atoms with E-state index in [1.807, 2.05) is 4.90 Å². The zero-order valence-corrected chi connectivity index (χ0v) is 15.5. The normalized spacial score (nSPS) is 27.6. The van der Waals surface area contributed by atoms with Gasteiger partial charge in [-0.2, -0.15) is 0 Å². The van der Waals surface area contributed by atoms with Crippen LogP contribution < -0.4 is 10.6 Å². The summed E-state index contributed by atoms with van der Waals surface area (Å²) >= 11 is 0. The first-order valence-corrected chi connectivity index (χ1v) is 9.65. The van der Waals surface area contributed by atoms with E-state index in [1.165, 1.54) is 18.4 Å². The molecule has 1 saturated carbocycles. The van der Waals surface area contributed by atoms with E-state index in [0.717, 1.165) is 43.9 Å². The van der Waals surface area contributed by atoms with Crippen molar-refractivity contribution in [2.24, 2.45) is 4.99 Å². The number of amidine groups is 1. The number of hydrogen-bond donors (Lipinski definition) is 2. The van der Waals surface area contributed by atoms with Crippen LogP contribution in [0.1, 0.15) is 37.7 Å². The number of rotatable bonds is 3. The number of ether oxygens (including phenoxy) is 1. The van der Waals surface area contributed by atoms with Gasteiger partial charge in [0.1, 0.15) is 12.4 Å². The van der Waals surface area contributed by atoms with Crippen LogP contribution in [0.15, 0.2) is 29.3 Å². The zero-order chi connectivity index (χ0) is 18.0. The zero-order valence-electron chi connectivity index (χ0n) is 15.5. The molecule has 1 atom stereocenters. The number of hydrogen-bond acceptors (Lipinski definition) is 4. The van der Waals surface area contributed by atoms with E-state index in [-0.39, 0.29) is 18.1 Å². The van der Waals surface area contributed by atoms with Crippen LogP contribution in [0.2, 0.25) is 0 Å². The van der Waals surface area contributed by atoms with E-state index in [1.54, 1.807) is 7.11 Å². The highest BCUT2D eigenvalue weighted by atomic mass is 16.5. The minimum Gasteiger partial charge on any atom is -0.375 e. The predicted octanol–water partition coefficient (Wildman–Crippen LogP) is 2.16. The van der Waals surface area contributed by atoms with Crippen molar-refractivity contribution in [3.63, 3.8) is 0 Å². The van der Waals surface area contributed by atoms with E-state index >= 15 is 0 Å². The van der Waals surface area contributed by atoms with Crippen LogP contribution in [0.5, 0.6) is 0 Å². The Kier molecular flexibility index (Phi) is 4.96. The fourth-order valence-corrected chi connectivity index (χ4v) is 4.34. The summed E-state index contributed by atoms with van der Waals surface area (Å²) in [4.78, 5) is 19.4. The van der Waals surface area contributed by atoms with E-state index in [0.29, 0.717) is 12.6 Å². The van der Waals surface area contributed by atoms with Gasteiger partial charge in [-0.05, 0) is 30.9 Å². The Labute approximate surface area is 155 Å². The molecular formula is C20H28N4O2. The number of amides is 1. The minimum atomic E-state index is -0.301. The Morgan fingerprint density at radius 3 is 2.96 bits per heavy atom. The topological polar surface area (TPSA) is 66.0 Å². The SMILES string of the molecule is COCC(=O)N1CCC2(C1)NCc1ccccc1NC2=NC1CCCC1. The Morgan fingerprint density at radius 1 is 1.35 bits per heavy atom. The maximum Gasteiger partial charge on any atom is 0.248 e. The summed E-state index contributed by atoms with van der Waals surface area (Å²) in [6, 6.07) is 8.77. The number of para-hydroxylation sites is 1. The maximum atomic E-state index is 12.3. The van der Waals surface area contributed by atoms with E-state index < -0.39 is 0 Å². The van der Waals surface area contributed by atoms with Crippen molar-refractivity contribution in [3.8, 4) is 0 Å². The summed E-state index contributed by atoms with van der Waals surface area (Å²) in [6.07, 6.45) is 5.72. The van der Waals surface area contributed by atoms with Gasteiger partial charge in [-0.15, -0.1) is 0 Å². The van der Waals surface area contributed by atoms with Gasteiger partial charge in [-0.1, -0.05) is 31.0 Å². The van der Waals surface area contributed by atoms with Crippen molar-refractivity contribution in [2.75, 3.05) is 32.1 Å². The number of carbonyl (C=O) groups excluding carboxylic acids is 1. The van der Waals surface area contributed by atoms with Crippen LogP contribution in [0.25, 0.3) is 0 Å². The average molecular weight is 356 g/mol. The summed E-state index contributed by atoms with van der Waals surface area (Å²) < 4.78 is 5.04. The number of fused-ring (bicyclic) bond motifs is 1. The lowest BCUT2D eigenvalue weighted by molar-refractivity contribution is -0.134. The van der Waals surface area contributed by atoms with Gasteiger partial charge < -0.3 is 15.0 Å². The molecule has 2 fully saturated rings. The molecule has 2 N–H and O–H groups in total. The number of nitrogens with zero attached hydrogens (tertiary/aromatic N) is 2. The van der Waals surface area contributed by atoms with Crippen LogP contribution in [-0.4, -0.2) is 55.0 Å². The highest BCUT2D eigenvalue weighted by Gasteiger charge is 2.45. The summed E-state index contributed by atoms with van der Waals surface area (Å²) in [5, 5.41) is 7.37. The minimum absolute atomic E-state index is 0.0492. The van der Waals surface area contributed by atoms with Crippen molar-refractivity contribution in [1.29, 1.82) is 0 Å². The largest absolute Gasteiger partial charge is 0.375 e. The molecule has 0 aromatic heterocycles. The molecule has 1 saturated heterocycles. The van der Waals surface area contributed by atoms with Crippen LogP contribution in [-0.2, 0) is 16.1 Å². The molecule has 1 unspecified atom stereocenters. The van der Waals surface area contributed by atoms with Crippen LogP contribution in [0.4, 0.5) is 5.69 Å². The van der Waals surface area contributed by atoms with Gasteiger partial charge in [-0.3, -0.25) is 15.1 Å². The Balaban J connectivity index is 1.64. The highest BCUT2D eigenvalue weighted by molar-refractivity contribution is 6.04. The molecule has 6 nitrogen and oxygen atoms in total. The van der Waals surface area contributed by atoms with Crippen LogP contribution in [0.3, 0.4) is 0 Å². The Morgan fingerprint density at radius 2 is 2.15 bits per heavy atom. The van der Waals surface area contributed by atoms with Gasteiger partial charge in [0.25, 0.3) is 0 Å². The molecule has 3 aliphatic rings. The third kappa shape index (κ3) is 3.35. The second-order valence-corrected chi connectivity index (χ2v) is 7.63. The third-order valence-corrected chi connectivity index (χ3v) is 5.87. The number of nitrogens with one attached hydrogen (secondary N) is 2. The van der Waals surface area contributed by atoms with Gasteiger partial charge in [-0.25, -0.2) is 0 Å². The van der Waals surface area contributed by atoms with Crippen LogP contribution in [0, 0.1) is 0 Å². The lowest BCUT2D eigenvalue weighted by atomic mass is 9.96. The van der Waals surface area contributed by atoms with Gasteiger partial charge >= 0.3 is 0 Å². The molecule has 1 aliphatic carbocycles. The average Bonchev–Trinajstić information content (AvgIpc) is 3.28. The van der Waals surface area contributed by atoms with Crippen molar-refractivity contribution in [2.45, 2.75) is 50.2 Å². The fraction of sp³-hybridized carbons (Fsp3) is 0.600. The number of anilines is 1. The molecule has 2 heterocycles. The summed E-state index contributed by atoms with van der Waals surface area (Å²) in [6.45, 7) is 2.29. The number of methoxy groups -OCH3 is 1. The first kappa shape index (κ1) is 17.5. The molecule has 1 aromatic carbocycles. The maximum absolute atomic E-state index is 12.3. The first-order chi connectivity index (χ1) is 12.7. The number of likely N-dealkylation sites (tertiary alicyclic amines) is 1. The van der Waals surface area contributed by atoms with Gasteiger partial charge in [0.05, 0.1) is 11.6 Å². The van der Waals surface area contributed by atoms with Gasteiger partial charge in [0.2, 0.25) is 5.91 Å². The molecule has 6 heteroatoms. The Bertz CT molecular complexity index is 699. The summed E-state index contributed by atoms with van der Waals surface area (Å²) in [7, 11) is 1.57. The monoisotopic (exact) mass is 356 g/mol. The molecule has 4 rings (SSSR count). The number of aliphatic imine (C=N–C) groups is 1.